The molecule has 10 heteroatoms. The van der Waals surface area contributed by atoms with Crippen LogP contribution in [0.15, 0.2) is 36.9 Å². The number of piperazine rings is 1. The van der Waals surface area contributed by atoms with Crippen molar-refractivity contribution in [1.29, 1.82) is 5.26 Å². The molecule has 1 aromatic heterocycles. The van der Waals surface area contributed by atoms with Crippen LogP contribution in [-0.2, 0) is 11.2 Å². The number of hydrogen-bond donors (Lipinski definition) is 0. The van der Waals surface area contributed by atoms with Gasteiger partial charge in [-0.2, -0.15) is 15.2 Å². The molecule has 0 spiro atoms. The molecule has 43 heavy (non-hydrogen) atoms. The van der Waals surface area contributed by atoms with E-state index >= 15 is 4.39 Å². The lowest BCUT2D eigenvalue weighted by Gasteiger charge is -2.41. The largest absolute Gasteiger partial charge is 0.462 e. The number of aromatic nitrogens is 2. The summed E-state index contributed by atoms with van der Waals surface area (Å²) >= 11 is 6.92. The Labute approximate surface area is 255 Å². The molecule has 0 radical (unpaired) electrons. The summed E-state index contributed by atoms with van der Waals surface area (Å²) < 4.78 is 23.0. The number of nitriles is 1. The first kappa shape index (κ1) is 28.1. The number of carbonyl (C=O) groups excluding carboxylic acids is 1. The summed E-state index contributed by atoms with van der Waals surface area (Å²) in [6.07, 6.45) is 5.71. The highest BCUT2D eigenvalue weighted by atomic mass is 35.5. The molecule has 4 atom stereocenters. The molecule has 7 rings (SSSR count). The van der Waals surface area contributed by atoms with Gasteiger partial charge in [-0.3, -0.25) is 4.79 Å². The smallest absolute Gasteiger partial charge is 0.319 e. The fraction of sp³-hybridized carbons (Fsp3) is 0.455. The zero-order chi connectivity index (χ0) is 29.8. The van der Waals surface area contributed by atoms with E-state index in [2.05, 4.69) is 35.6 Å². The molecule has 222 valence electrons. The number of rotatable bonds is 7. The minimum Gasteiger partial charge on any atom is -0.462 e. The molecule has 2 unspecified atom stereocenters. The number of halogens is 2. The van der Waals surface area contributed by atoms with Crippen molar-refractivity contribution in [2.24, 2.45) is 5.92 Å². The van der Waals surface area contributed by atoms with Gasteiger partial charge in [0.2, 0.25) is 5.91 Å². The Morgan fingerprint density at radius 2 is 2.14 bits per heavy atom. The number of fused-ring (bicyclic) bond motifs is 4. The lowest BCUT2D eigenvalue weighted by molar-refractivity contribution is -0.128. The van der Waals surface area contributed by atoms with Gasteiger partial charge in [-0.1, -0.05) is 36.4 Å². The van der Waals surface area contributed by atoms with Gasteiger partial charge in [0.25, 0.3) is 0 Å². The van der Waals surface area contributed by atoms with Crippen molar-refractivity contribution in [3.63, 3.8) is 0 Å². The number of carbonyl (C=O) groups is 1. The fourth-order valence-corrected chi connectivity index (χ4v) is 7.66. The van der Waals surface area contributed by atoms with Gasteiger partial charge in [0.05, 0.1) is 23.6 Å². The first-order chi connectivity index (χ1) is 20.9. The predicted molar refractivity (Wildman–Crippen MR) is 164 cm³/mol. The van der Waals surface area contributed by atoms with Crippen molar-refractivity contribution in [1.82, 2.24) is 19.8 Å². The summed E-state index contributed by atoms with van der Waals surface area (Å²) in [5.74, 6) is 0.896. The Morgan fingerprint density at radius 1 is 1.28 bits per heavy atom. The molecule has 8 nitrogen and oxygen atoms in total. The van der Waals surface area contributed by atoms with E-state index in [1.165, 1.54) is 17.2 Å². The number of benzene rings is 2. The number of anilines is 1. The highest BCUT2D eigenvalue weighted by molar-refractivity contribution is 6.34. The van der Waals surface area contributed by atoms with Gasteiger partial charge < -0.3 is 19.4 Å². The van der Waals surface area contributed by atoms with Crippen molar-refractivity contribution in [2.45, 2.75) is 50.1 Å². The van der Waals surface area contributed by atoms with Crippen LogP contribution in [0.5, 0.6) is 6.01 Å². The molecule has 0 bridgehead atoms. The maximum atomic E-state index is 16.8. The number of amides is 1. The maximum absolute atomic E-state index is 16.8. The molecule has 0 N–H and O–H groups in total. The molecular weight excluding hydrogens is 567 g/mol. The molecule has 2 saturated heterocycles. The van der Waals surface area contributed by atoms with Crippen LogP contribution in [0.25, 0.3) is 22.0 Å². The Balaban J connectivity index is 1.33. The van der Waals surface area contributed by atoms with Crippen molar-refractivity contribution in [3.8, 4) is 23.2 Å². The van der Waals surface area contributed by atoms with E-state index in [-0.39, 0.29) is 35.9 Å². The normalized spacial score (nSPS) is 24.5. The van der Waals surface area contributed by atoms with E-state index in [1.54, 1.807) is 11.0 Å². The van der Waals surface area contributed by atoms with Crippen LogP contribution in [-0.4, -0.2) is 77.6 Å². The highest BCUT2D eigenvalue weighted by Crippen LogP contribution is 2.59. The quantitative estimate of drug-likeness (QED) is 0.339. The Hall–Kier alpha value is -3.74. The van der Waals surface area contributed by atoms with Crippen LogP contribution in [0.4, 0.5) is 10.2 Å². The molecule has 3 heterocycles. The summed E-state index contributed by atoms with van der Waals surface area (Å²) in [5.41, 5.74) is 3.85. The van der Waals surface area contributed by atoms with Gasteiger partial charge in [-0.25, -0.2) is 4.39 Å². The predicted octanol–water partition coefficient (Wildman–Crippen LogP) is 5.34. The zero-order valence-corrected chi connectivity index (χ0v) is 25.0. The highest BCUT2D eigenvalue weighted by Gasteiger charge is 2.46. The average molecular weight is 601 g/mol. The van der Waals surface area contributed by atoms with Gasteiger partial charge in [-0.05, 0) is 79.9 Å². The van der Waals surface area contributed by atoms with E-state index in [0.29, 0.717) is 59.9 Å². The first-order valence-electron chi connectivity index (χ1n) is 15.1. The van der Waals surface area contributed by atoms with Gasteiger partial charge in [0.1, 0.15) is 17.9 Å². The van der Waals surface area contributed by atoms with E-state index in [1.807, 2.05) is 17.0 Å². The summed E-state index contributed by atoms with van der Waals surface area (Å²) in [6.45, 7) is 6.18. The topological polar surface area (TPSA) is 85.6 Å². The molecule has 2 aliphatic heterocycles. The SMILES string of the molecule is C=CC(=O)N1CCN(c2nc(OC[C@@H]3CCCN3C)nc3c(F)c(-c4cccc5c4C4CC4C5)c(Cl)cc23)C[C@@H]1CC#N. The second-order valence-electron chi connectivity index (χ2n) is 12.2. The number of likely N-dealkylation sites (tertiary alicyclic amines) is 1. The summed E-state index contributed by atoms with van der Waals surface area (Å²) in [6, 6.07) is 10.0. The molecule has 3 aromatic rings. The monoisotopic (exact) mass is 600 g/mol. The lowest BCUT2D eigenvalue weighted by Crippen LogP contribution is -2.55. The minimum absolute atomic E-state index is 0.108. The second kappa shape index (κ2) is 11.1. The van der Waals surface area contributed by atoms with E-state index in [0.717, 1.165) is 37.8 Å². The van der Waals surface area contributed by atoms with E-state index < -0.39 is 5.82 Å². The van der Waals surface area contributed by atoms with Crippen LogP contribution < -0.4 is 9.64 Å². The standard InChI is InChI=1S/C33H34ClFN6O2/c1-3-27(42)41-13-12-40(17-21(41)9-10-36)32-25-16-26(34)29(23-8-4-6-19-14-20-15-24(20)28(19)23)30(35)31(25)37-33(38-32)43-18-22-7-5-11-39(22)2/h3-4,6,8,16,20-22,24H,1,5,7,9,11-15,17-18H2,2H3/t20?,21-,22-,24?/m0/s1. The van der Waals surface area contributed by atoms with E-state index in [4.69, 9.17) is 21.3 Å². The minimum atomic E-state index is -0.486. The molecular formula is C33H34ClFN6O2. The fourth-order valence-electron chi connectivity index (χ4n) is 7.36. The van der Waals surface area contributed by atoms with Crippen molar-refractivity contribution in [2.75, 3.05) is 44.7 Å². The van der Waals surface area contributed by atoms with Gasteiger partial charge >= 0.3 is 6.01 Å². The average Bonchev–Trinajstić information content (AvgIpc) is 3.48. The molecule has 3 fully saturated rings. The lowest BCUT2D eigenvalue weighted by atomic mass is 9.93. The number of ether oxygens (including phenoxy) is 1. The van der Waals surface area contributed by atoms with Gasteiger partial charge in [-0.15, -0.1) is 0 Å². The van der Waals surface area contributed by atoms with Crippen molar-refractivity contribution >= 4 is 34.2 Å². The Morgan fingerprint density at radius 3 is 2.91 bits per heavy atom. The summed E-state index contributed by atoms with van der Waals surface area (Å²) in [5, 5.41) is 10.3. The van der Waals surface area contributed by atoms with Crippen LogP contribution >= 0.6 is 11.6 Å². The van der Waals surface area contributed by atoms with Crippen molar-refractivity contribution < 1.29 is 13.9 Å². The van der Waals surface area contributed by atoms with Crippen LogP contribution in [0, 0.1) is 23.1 Å². The van der Waals surface area contributed by atoms with E-state index in [9.17, 15) is 10.1 Å². The molecule has 4 aliphatic rings. The number of nitrogens with zero attached hydrogens (tertiary/aromatic N) is 6. The third kappa shape index (κ3) is 4.91. The number of likely N-dealkylation sites (N-methyl/N-ethyl adjacent to an activating group) is 1. The summed E-state index contributed by atoms with van der Waals surface area (Å²) in [4.78, 5) is 27.9. The first-order valence-corrected chi connectivity index (χ1v) is 15.5. The Kier molecular flexibility index (Phi) is 7.22. The molecule has 1 saturated carbocycles. The molecule has 2 aromatic carbocycles. The van der Waals surface area contributed by atoms with Crippen LogP contribution in [0.1, 0.15) is 42.7 Å². The molecule has 1 amide bonds. The second-order valence-corrected chi connectivity index (χ2v) is 12.7. The number of hydrogen-bond acceptors (Lipinski definition) is 7. The zero-order valence-electron chi connectivity index (χ0n) is 24.2. The molecule has 2 aliphatic carbocycles. The van der Waals surface area contributed by atoms with Crippen molar-refractivity contribution in [3.05, 3.63) is 58.9 Å². The van der Waals surface area contributed by atoms with Gasteiger partial charge in [0, 0.05) is 36.6 Å². The third-order valence-electron chi connectivity index (χ3n) is 9.73. The third-order valence-corrected chi connectivity index (χ3v) is 10.0. The van der Waals surface area contributed by atoms with Crippen LogP contribution in [0.3, 0.4) is 0 Å². The Bertz CT molecular complexity index is 1670. The maximum Gasteiger partial charge on any atom is 0.319 e. The summed E-state index contributed by atoms with van der Waals surface area (Å²) in [7, 11) is 2.07. The van der Waals surface area contributed by atoms with Crippen LogP contribution in [0.2, 0.25) is 5.02 Å². The van der Waals surface area contributed by atoms with Gasteiger partial charge in [0.15, 0.2) is 5.82 Å².